The molecule has 2 atom stereocenters. The average Bonchev–Trinajstić information content (AvgIpc) is 3.26. The van der Waals surface area contributed by atoms with Crippen LogP contribution in [-0.2, 0) is 9.53 Å². The molecule has 142 valence electrons. The molecule has 2 amide bonds. The van der Waals surface area contributed by atoms with Crippen LogP contribution in [-0.4, -0.2) is 53.3 Å². The average molecular weight is 377 g/mol. The number of nitrogens with one attached hydrogen (secondary N) is 1. The monoisotopic (exact) mass is 377 g/mol. The minimum absolute atomic E-state index is 0.148. The highest BCUT2D eigenvalue weighted by Gasteiger charge is 2.57. The van der Waals surface area contributed by atoms with Crippen molar-refractivity contribution in [2.75, 3.05) is 31.6 Å². The van der Waals surface area contributed by atoms with Crippen LogP contribution in [0, 0.1) is 23.2 Å². The number of anilines is 1. The van der Waals surface area contributed by atoms with Crippen LogP contribution in [0.15, 0.2) is 48.7 Å². The first kappa shape index (κ1) is 18.0. The minimum Gasteiger partial charge on any atom is -0.481 e. The number of urea groups is 1. The van der Waals surface area contributed by atoms with Gasteiger partial charge in [-0.3, -0.25) is 4.79 Å². The summed E-state index contributed by atoms with van der Waals surface area (Å²) in [5.74, 6) is 4.92. The highest BCUT2D eigenvalue weighted by atomic mass is 16.5. The van der Waals surface area contributed by atoms with E-state index in [4.69, 9.17) is 4.74 Å². The van der Waals surface area contributed by atoms with Gasteiger partial charge in [-0.05, 0) is 36.3 Å². The lowest BCUT2D eigenvalue weighted by molar-refractivity contribution is -0.149. The molecular formula is C21H19N3O4. The second-order valence-corrected chi connectivity index (χ2v) is 7.03. The van der Waals surface area contributed by atoms with Crippen LogP contribution in [0.2, 0.25) is 0 Å². The number of hydrogen-bond donors (Lipinski definition) is 2. The predicted octanol–water partition coefficient (Wildman–Crippen LogP) is 2.05. The van der Waals surface area contributed by atoms with E-state index in [-0.39, 0.29) is 25.1 Å². The van der Waals surface area contributed by atoms with Gasteiger partial charge in [0.1, 0.15) is 11.1 Å². The maximum Gasteiger partial charge on any atom is 0.321 e. The van der Waals surface area contributed by atoms with E-state index < -0.39 is 11.4 Å². The molecule has 0 aliphatic carbocycles. The van der Waals surface area contributed by atoms with Gasteiger partial charge in [0, 0.05) is 36.5 Å². The Bertz CT molecular complexity index is 966. The summed E-state index contributed by atoms with van der Waals surface area (Å²) in [6, 6.07) is 12.4. The smallest absolute Gasteiger partial charge is 0.321 e. The number of hydrogen-bond acceptors (Lipinski definition) is 4. The Kier molecular flexibility index (Phi) is 4.72. The molecule has 0 radical (unpaired) electrons. The molecular weight excluding hydrogens is 358 g/mol. The number of amides is 2. The van der Waals surface area contributed by atoms with Gasteiger partial charge in [0.25, 0.3) is 0 Å². The standard InChI is InChI=1S/C21H19N3O4/c25-19(26)21-13-24(11-16(21)12-28-14-21)20(27)23-18-6-3-4-15(10-18)7-8-17-5-1-2-9-22-17/h1-6,9-10,16H,11-14H2,(H,23,27)(H,25,26)/t16-,21-/m1/s1. The number of aromatic nitrogens is 1. The van der Waals surface area contributed by atoms with Crippen LogP contribution >= 0.6 is 0 Å². The van der Waals surface area contributed by atoms with Crippen molar-refractivity contribution in [3.8, 4) is 11.8 Å². The molecule has 0 saturated carbocycles. The molecule has 1 aromatic carbocycles. The van der Waals surface area contributed by atoms with Gasteiger partial charge in [-0.1, -0.05) is 18.1 Å². The number of carboxylic acid groups (broad SMARTS) is 1. The van der Waals surface area contributed by atoms with Gasteiger partial charge < -0.3 is 20.1 Å². The quantitative estimate of drug-likeness (QED) is 0.782. The topological polar surface area (TPSA) is 91.8 Å². The van der Waals surface area contributed by atoms with Crippen molar-refractivity contribution < 1.29 is 19.4 Å². The van der Waals surface area contributed by atoms with Gasteiger partial charge in [0.05, 0.1) is 13.2 Å². The van der Waals surface area contributed by atoms with Crippen molar-refractivity contribution in [1.82, 2.24) is 9.88 Å². The van der Waals surface area contributed by atoms with E-state index in [1.807, 2.05) is 30.3 Å². The van der Waals surface area contributed by atoms with Crippen molar-refractivity contribution in [1.29, 1.82) is 0 Å². The Morgan fingerprint density at radius 3 is 2.89 bits per heavy atom. The predicted molar refractivity (Wildman–Crippen MR) is 102 cm³/mol. The summed E-state index contributed by atoms with van der Waals surface area (Å²) in [6.45, 7) is 1.04. The molecule has 1 aromatic heterocycles. The molecule has 0 unspecified atom stereocenters. The van der Waals surface area contributed by atoms with E-state index in [9.17, 15) is 14.7 Å². The summed E-state index contributed by atoms with van der Waals surface area (Å²) in [7, 11) is 0. The lowest BCUT2D eigenvalue weighted by atomic mass is 9.81. The van der Waals surface area contributed by atoms with Gasteiger partial charge in [-0.2, -0.15) is 0 Å². The number of pyridine rings is 1. The number of fused-ring (bicyclic) bond motifs is 1. The number of ether oxygens (including phenoxy) is 1. The van der Waals surface area contributed by atoms with Gasteiger partial charge in [0.15, 0.2) is 0 Å². The maximum absolute atomic E-state index is 12.6. The maximum atomic E-state index is 12.6. The second-order valence-electron chi connectivity index (χ2n) is 7.03. The van der Waals surface area contributed by atoms with Crippen molar-refractivity contribution in [3.05, 3.63) is 59.9 Å². The molecule has 2 aromatic rings. The van der Waals surface area contributed by atoms with Gasteiger partial charge >= 0.3 is 12.0 Å². The highest BCUT2D eigenvalue weighted by Crippen LogP contribution is 2.41. The number of carboxylic acids is 1. The summed E-state index contributed by atoms with van der Waals surface area (Å²) in [5, 5.41) is 12.4. The number of aliphatic carboxylic acids is 1. The highest BCUT2D eigenvalue weighted by molar-refractivity contribution is 5.91. The zero-order chi connectivity index (χ0) is 19.6. The largest absolute Gasteiger partial charge is 0.481 e. The summed E-state index contributed by atoms with van der Waals surface area (Å²) in [4.78, 5) is 30.0. The number of likely N-dealkylation sites (tertiary alicyclic amines) is 1. The fraction of sp³-hybridized carbons (Fsp3) is 0.286. The Hall–Kier alpha value is -3.37. The SMILES string of the molecule is O=C(Nc1cccc(C#Cc2ccccn2)c1)N1C[C@@H]2COC[C@]2(C(=O)O)C1. The van der Waals surface area contributed by atoms with E-state index >= 15 is 0 Å². The molecule has 2 fully saturated rings. The second kappa shape index (κ2) is 7.33. The number of carbonyl (C=O) groups excluding carboxylic acids is 1. The summed E-state index contributed by atoms with van der Waals surface area (Å²) in [5.41, 5.74) is 1.03. The Morgan fingerprint density at radius 1 is 1.25 bits per heavy atom. The van der Waals surface area contributed by atoms with Gasteiger partial charge in [-0.15, -0.1) is 0 Å². The lowest BCUT2D eigenvalue weighted by Gasteiger charge is -2.22. The van der Waals surface area contributed by atoms with Crippen LogP contribution in [0.4, 0.5) is 10.5 Å². The molecule has 2 saturated heterocycles. The number of carbonyl (C=O) groups is 2. The van der Waals surface area contributed by atoms with E-state index in [1.165, 1.54) is 0 Å². The summed E-state index contributed by atoms with van der Waals surface area (Å²) >= 11 is 0. The molecule has 2 N–H and O–H groups in total. The van der Waals surface area contributed by atoms with Crippen LogP contribution in [0.1, 0.15) is 11.3 Å². The molecule has 28 heavy (non-hydrogen) atoms. The molecule has 2 aliphatic rings. The molecule has 4 rings (SSSR count). The third-order valence-electron chi connectivity index (χ3n) is 5.20. The zero-order valence-corrected chi connectivity index (χ0v) is 15.1. The van der Waals surface area contributed by atoms with E-state index in [1.54, 1.807) is 23.2 Å². The van der Waals surface area contributed by atoms with E-state index in [2.05, 4.69) is 22.1 Å². The van der Waals surface area contributed by atoms with Crippen LogP contribution in [0.25, 0.3) is 0 Å². The third-order valence-corrected chi connectivity index (χ3v) is 5.20. The minimum atomic E-state index is -0.993. The Morgan fingerprint density at radius 2 is 2.14 bits per heavy atom. The van der Waals surface area contributed by atoms with Gasteiger partial charge in [0.2, 0.25) is 0 Å². The van der Waals surface area contributed by atoms with E-state index in [0.717, 1.165) is 5.56 Å². The fourth-order valence-electron chi connectivity index (χ4n) is 3.64. The number of benzene rings is 1. The molecule has 2 aliphatic heterocycles. The first-order chi connectivity index (χ1) is 13.6. The van der Waals surface area contributed by atoms with Crippen molar-refractivity contribution in [2.45, 2.75) is 0 Å². The number of nitrogens with zero attached hydrogens (tertiary/aromatic N) is 2. The Labute approximate surface area is 162 Å². The lowest BCUT2D eigenvalue weighted by Crippen LogP contribution is -2.41. The van der Waals surface area contributed by atoms with Gasteiger partial charge in [-0.25, -0.2) is 9.78 Å². The summed E-state index contributed by atoms with van der Waals surface area (Å²) < 4.78 is 5.34. The Balaban J connectivity index is 1.45. The first-order valence-electron chi connectivity index (χ1n) is 8.97. The summed E-state index contributed by atoms with van der Waals surface area (Å²) in [6.07, 6.45) is 1.68. The zero-order valence-electron chi connectivity index (χ0n) is 15.1. The van der Waals surface area contributed by atoms with Crippen LogP contribution in [0.3, 0.4) is 0 Å². The molecule has 7 nitrogen and oxygen atoms in total. The van der Waals surface area contributed by atoms with E-state index in [0.29, 0.717) is 24.5 Å². The van der Waals surface area contributed by atoms with Crippen molar-refractivity contribution in [3.63, 3.8) is 0 Å². The third kappa shape index (κ3) is 3.42. The molecule has 0 spiro atoms. The van der Waals surface area contributed by atoms with Crippen molar-refractivity contribution in [2.24, 2.45) is 11.3 Å². The van der Waals surface area contributed by atoms with Crippen LogP contribution in [0.5, 0.6) is 0 Å². The molecule has 3 heterocycles. The first-order valence-corrected chi connectivity index (χ1v) is 8.97. The fourth-order valence-corrected chi connectivity index (χ4v) is 3.64. The normalized spacial score (nSPS) is 22.9. The number of rotatable bonds is 2. The molecule has 0 bridgehead atoms. The van der Waals surface area contributed by atoms with Crippen molar-refractivity contribution >= 4 is 17.7 Å². The molecule has 7 heteroatoms. The van der Waals surface area contributed by atoms with Crippen LogP contribution < -0.4 is 5.32 Å².